The predicted octanol–water partition coefficient (Wildman–Crippen LogP) is 2.21. The minimum atomic E-state index is -0.284. The van der Waals surface area contributed by atoms with E-state index in [0.29, 0.717) is 24.1 Å². The van der Waals surface area contributed by atoms with E-state index in [-0.39, 0.29) is 24.1 Å². The number of aromatic nitrogens is 2. The van der Waals surface area contributed by atoms with E-state index < -0.39 is 0 Å². The van der Waals surface area contributed by atoms with Gasteiger partial charge in [0.15, 0.2) is 0 Å². The Bertz CT molecular complexity index is 685. The Morgan fingerprint density at radius 2 is 2.00 bits per heavy atom. The molecule has 24 heavy (non-hydrogen) atoms. The number of ether oxygens (including phenoxy) is 1. The summed E-state index contributed by atoms with van der Waals surface area (Å²) < 4.78 is 10.1. The molecule has 2 rings (SSSR count). The highest BCUT2D eigenvalue weighted by atomic mass is 32.2. The molecule has 0 aliphatic heterocycles. The number of nitrogens with one attached hydrogen (secondary N) is 1. The van der Waals surface area contributed by atoms with E-state index >= 15 is 0 Å². The number of hydrogen-bond donors (Lipinski definition) is 1. The molecule has 0 unspecified atom stereocenters. The lowest BCUT2D eigenvalue weighted by molar-refractivity contribution is -0.140. The van der Waals surface area contributed by atoms with Crippen molar-refractivity contribution < 1.29 is 18.7 Å². The number of rotatable bonds is 8. The molecule has 1 amide bonds. The zero-order chi connectivity index (χ0) is 17.4. The molecule has 128 valence electrons. The molecule has 7 nitrogen and oxygen atoms in total. The second-order valence-corrected chi connectivity index (χ2v) is 5.98. The van der Waals surface area contributed by atoms with E-state index in [9.17, 15) is 9.59 Å². The van der Waals surface area contributed by atoms with E-state index in [1.54, 1.807) is 0 Å². The molecule has 0 spiro atoms. The Morgan fingerprint density at radius 1 is 1.25 bits per heavy atom. The maximum absolute atomic E-state index is 11.7. The number of hydrogen-bond acceptors (Lipinski definition) is 7. The molecular weight excluding hydrogens is 330 g/mol. The van der Waals surface area contributed by atoms with Gasteiger partial charge in [-0.15, -0.1) is 10.2 Å². The summed E-state index contributed by atoms with van der Waals surface area (Å²) >= 11 is 1.17. The SMILES string of the molecule is COC(=O)CCCNC(=O)CSc1nnc(-c2ccc(C)cc2)o1. The van der Waals surface area contributed by atoms with Gasteiger partial charge in [0.2, 0.25) is 11.8 Å². The predicted molar refractivity (Wildman–Crippen MR) is 89.5 cm³/mol. The number of carbonyl (C=O) groups is 2. The van der Waals surface area contributed by atoms with Crippen LogP contribution in [-0.2, 0) is 14.3 Å². The van der Waals surface area contributed by atoms with Gasteiger partial charge in [0.1, 0.15) is 0 Å². The van der Waals surface area contributed by atoms with Gasteiger partial charge in [0.25, 0.3) is 5.22 Å². The Balaban J connectivity index is 1.73. The maximum Gasteiger partial charge on any atom is 0.305 e. The lowest BCUT2D eigenvalue weighted by atomic mass is 10.1. The molecule has 1 heterocycles. The van der Waals surface area contributed by atoms with Crippen LogP contribution < -0.4 is 5.32 Å². The van der Waals surface area contributed by atoms with E-state index in [1.165, 1.54) is 18.9 Å². The van der Waals surface area contributed by atoms with Crippen LogP contribution in [0.3, 0.4) is 0 Å². The minimum Gasteiger partial charge on any atom is -0.469 e. The summed E-state index contributed by atoms with van der Waals surface area (Å²) in [5.41, 5.74) is 1.99. The summed E-state index contributed by atoms with van der Waals surface area (Å²) in [4.78, 5) is 22.6. The number of benzene rings is 1. The number of thioether (sulfide) groups is 1. The van der Waals surface area contributed by atoms with E-state index in [1.807, 2.05) is 31.2 Å². The molecule has 0 fully saturated rings. The number of aryl methyl sites for hydroxylation is 1. The van der Waals surface area contributed by atoms with E-state index in [0.717, 1.165) is 11.1 Å². The smallest absolute Gasteiger partial charge is 0.305 e. The van der Waals surface area contributed by atoms with Gasteiger partial charge in [0, 0.05) is 18.5 Å². The topological polar surface area (TPSA) is 94.3 Å². The Morgan fingerprint density at radius 3 is 2.71 bits per heavy atom. The molecule has 0 saturated heterocycles. The fourth-order valence-corrected chi connectivity index (χ4v) is 2.41. The van der Waals surface area contributed by atoms with Gasteiger partial charge in [-0.25, -0.2) is 0 Å². The fraction of sp³-hybridized carbons (Fsp3) is 0.375. The first-order chi connectivity index (χ1) is 11.6. The Labute approximate surface area is 144 Å². The summed E-state index contributed by atoms with van der Waals surface area (Å²) in [6, 6.07) is 7.75. The molecule has 8 heteroatoms. The number of amides is 1. The number of carbonyl (C=O) groups excluding carboxylic acids is 2. The first-order valence-corrected chi connectivity index (χ1v) is 8.44. The minimum absolute atomic E-state index is 0.153. The van der Waals surface area contributed by atoms with Crippen LogP contribution in [0.4, 0.5) is 0 Å². The van der Waals surface area contributed by atoms with Crippen molar-refractivity contribution in [3.8, 4) is 11.5 Å². The summed E-state index contributed by atoms with van der Waals surface area (Å²) in [5.74, 6) is 0.164. The molecule has 0 aliphatic carbocycles. The van der Waals surface area contributed by atoms with Crippen LogP contribution in [-0.4, -0.2) is 41.5 Å². The van der Waals surface area contributed by atoms with Crippen molar-refractivity contribution in [2.75, 3.05) is 19.4 Å². The third-order valence-corrected chi connectivity index (χ3v) is 3.96. The highest BCUT2D eigenvalue weighted by Gasteiger charge is 2.11. The van der Waals surface area contributed by atoms with Crippen LogP contribution in [0.25, 0.3) is 11.5 Å². The number of nitrogens with zero attached hydrogens (tertiary/aromatic N) is 2. The van der Waals surface area contributed by atoms with Gasteiger partial charge in [0.05, 0.1) is 12.9 Å². The second-order valence-electron chi connectivity index (χ2n) is 5.06. The Hall–Kier alpha value is -2.35. The van der Waals surface area contributed by atoms with Crippen molar-refractivity contribution in [2.24, 2.45) is 0 Å². The zero-order valence-corrected chi connectivity index (χ0v) is 14.4. The van der Waals surface area contributed by atoms with Gasteiger partial charge in [-0.3, -0.25) is 9.59 Å². The molecule has 2 aromatic rings. The van der Waals surface area contributed by atoms with Crippen LogP contribution in [0, 0.1) is 6.92 Å². The van der Waals surface area contributed by atoms with Crippen molar-refractivity contribution in [1.82, 2.24) is 15.5 Å². The normalized spacial score (nSPS) is 10.4. The first-order valence-electron chi connectivity index (χ1n) is 7.45. The zero-order valence-electron chi connectivity index (χ0n) is 13.6. The highest BCUT2D eigenvalue weighted by Crippen LogP contribution is 2.23. The van der Waals surface area contributed by atoms with Crippen molar-refractivity contribution in [1.29, 1.82) is 0 Å². The molecule has 0 atom stereocenters. The van der Waals surface area contributed by atoms with Crippen LogP contribution in [0.2, 0.25) is 0 Å². The Kier molecular flexibility index (Phi) is 6.80. The molecular formula is C16H19N3O4S. The average Bonchev–Trinajstić information content (AvgIpc) is 3.06. The quantitative estimate of drug-likeness (QED) is 0.443. The molecule has 0 saturated carbocycles. The lowest BCUT2D eigenvalue weighted by Gasteiger charge is -2.03. The molecule has 0 bridgehead atoms. The van der Waals surface area contributed by atoms with Gasteiger partial charge >= 0.3 is 5.97 Å². The number of methoxy groups -OCH3 is 1. The van der Waals surface area contributed by atoms with Gasteiger partial charge in [-0.1, -0.05) is 29.5 Å². The highest BCUT2D eigenvalue weighted by molar-refractivity contribution is 7.99. The first kappa shape index (κ1) is 18.0. The second kappa shape index (κ2) is 9.07. The summed E-state index contributed by atoms with van der Waals surface area (Å²) in [7, 11) is 1.34. The molecule has 0 radical (unpaired) electrons. The summed E-state index contributed by atoms with van der Waals surface area (Å²) in [6.45, 7) is 2.43. The van der Waals surface area contributed by atoms with Crippen LogP contribution in [0.1, 0.15) is 18.4 Å². The molecule has 0 aliphatic rings. The van der Waals surface area contributed by atoms with Crippen LogP contribution in [0.5, 0.6) is 0 Å². The molecule has 1 aromatic heterocycles. The van der Waals surface area contributed by atoms with Crippen molar-refractivity contribution in [2.45, 2.75) is 25.0 Å². The standard InChI is InChI=1S/C16H19N3O4S/c1-11-5-7-12(8-6-11)15-18-19-16(23-15)24-10-13(20)17-9-3-4-14(21)22-2/h5-8H,3-4,9-10H2,1-2H3,(H,17,20). The summed E-state index contributed by atoms with van der Waals surface area (Å²) in [5, 5.41) is 11.0. The van der Waals surface area contributed by atoms with Gasteiger partial charge in [-0.2, -0.15) is 0 Å². The third kappa shape index (κ3) is 5.69. The fourth-order valence-electron chi connectivity index (χ4n) is 1.82. The van der Waals surface area contributed by atoms with Crippen molar-refractivity contribution in [3.05, 3.63) is 29.8 Å². The molecule has 1 N–H and O–H groups in total. The van der Waals surface area contributed by atoms with Crippen molar-refractivity contribution >= 4 is 23.6 Å². The van der Waals surface area contributed by atoms with E-state index in [2.05, 4.69) is 20.3 Å². The largest absolute Gasteiger partial charge is 0.469 e. The van der Waals surface area contributed by atoms with E-state index in [4.69, 9.17) is 4.42 Å². The number of esters is 1. The average molecular weight is 349 g/mol. The summed E-state index contributed by atoms with van der Waals surface area (Å²) in [6.07, 6.45) is 0.828. The molecule has 1 aromatic carbocycles. The van der Waals surface area contributed by atoms with Gasteiger partial charge in [-0.05, 0) is 25.5 Å². The third-order valence-electron chi connectivity index (χ3n) is 3.14. The van der Waals surface area contributed by atoms with Crippen LogP contribution in [0.15, 0.2) is 33.9 Å². The van der Waals surface area contributed by atoms with Crippen LogP contribution >= 0.6 is 11.8 Å². The maximum atomic E-state index is 11.7. The monoisotopic (exact) mass is 349 g/mol. The van der Waals surface area contributed by atoms with Crippen molar-refractivity contribution in [3.63, 3.8) is 0 Å². The lowest BCUT2D eigenvalue weighted by Crippen LogP contribution is -2.26. The van der Waals surface area contributed by atoms with Gasteiger partial charge < -0.3 is 14.5 Å².